The van der Waals surface area contributed by atoms with Crippen LogP contribution in [0, 0.1) is 12.8 Å². The van der Waals surface area contributed by atoms with Gasteiger partial charge < -0.3 is 10.1 Å². The quantitative estimate of drug-likeness (QED) is 0.815. The smallest absolute Gasteiger partial charge is 0.122 e. The van der Waals surface area contributed by atoms with E-state index in [2.05, 4.69) is 50.4 Å². The second-order valence-corrected chi connectivity index (χ2v) is 5.62. The molecule has 1 aliphatic rings. The Labute approximate surface area is 104 Å². The summed E-state index contributed by atoms with van der Waals surface area (Å²) in [7, 11) is 0. The van der Waals surface area contributed by atoms with Crippen LogP contribution in [-0.2, 0) is 0 Å². The van der Waals surface area contributed by atoms with E-state index < -0.39 is 0 Å². The van der Waals surface area contributed by atoms with E-state index in [0.717, 1.165) is 18.8 Å². The lowest BCUT2D eigenvalue weighted by molar-refractivity contribution is 0.174. The molecule has 17 heavy (non-hydrogen) atoms. The third-order valence-corrected chi connectivity index (χ3v) is 3.16. The van der Waals surface area contributed by atoms with Crippen molar-refractivity contribution in [3.05, 3.63) is 29.8 Å². The van der Waals surface area contributed by atoms with Crippen LogP contribution in [0.1, 0.15) is 32.3 Å². The predicted octanol–water partition coefficient (Wildman–Crippen LogP) is 3.15. The zero-order chi connectivity index (χ0) is 12.3. The van der Waals surface area contributed by atoms with Crippen molar-refractivity contribution < 1.29 is 4.74 Å². The molecule has 0 unspecified atom stereocenters. The predicted molar refractivity (Wildman–Crippen MR) is 71.5 cm³/mol. The minimum atomic E-state index is 0.0736. The second-order valence-electron chi connectivity index (χ2n) is 5.62. The highest BCUT2D eigenvalue weighted by Gasteiger charge is 2.45. The summed E-state index contributed by atoms with van der Waals surface area (Å²) in [4.78, 5) is 0. The van der Waals surface area contributed by atoms with Gasteiger partial charge in [-0.05, 0) is 44.4 Å². The molecule has 2 heteroatoms. The molecular formula is C15H23NO. The van der Waals surface area contributed by atoms with Gasteiger partial charge in [-0.1, -0.05) is 31.5 Å². The molecule has 1 aliphatic carbocycles. The molecule has 0 bridgehead atoms. The summed E-state index contributed by atoms with van der Waals surface area (Å²) in [6.07, 6.45) is 2.35. The average molecular weight is 233 g/mol. The molecule has 2 rings (SSSR count). The van der Waals surface area contributed by atoms with Crippen LogP contribution < -0.4 is 10.1 Å². The number of rotatable bonds is 6. The minimum Gasteiger partial charge on any atom is -0.486 e. The van der Waals surface area contributed by atoms with E-state index >= 15 is 0 Å². The lowest BCUT2D eigenvalue weighted by Gasteiger charge is -2.19. The molecule has 0 radical (unpaired) electrons. The van der Waals surface area contributed by atoms with E-state index in [1.54, 1.807) is 0 Å². The maximum Gasteiger partial charge on any atom is 0.122 e. The Kier molecular flexibility index (Phi) is 3.72. The molecule has 0 spiro atoms. The molecular weight excluding hydrogens is 210 g/mol. The van der Waals surface area contributed by atoms with E-state index in [0.29, 0.717) is 5.92 Å². The lowest BCUT2D eigenvalue weighted by Crippen LogP contribution is -2.35. The summed E-state index contributed by atoms with van der Waals surface area (Å²) in [6, 6.07) is 8.34. The van der Waals surface area contributed by atoms with Crippen molar-refractivity contribution in [2.45, 2.75) is 39.2 Å². The maximum atomic E-state index is 6.09. The van der Waals surface area contributed by atoms with Crippen molar-refractivity contribution in [2.24, 2.45) is 5.92 Å². The highest BCUT2D eigenvalue weighted by Crippen LogP contribution is 2.39. The molecule has 1 aromatic rings. The van der Waals surface area contributed by atoms with Gasteiger partial charge in [0.1, 0.15) is 11.4 Å². The van der Waals surface area contributed by atoms with Crippen molar-refractivity contribution in [3.8, 4) is 5.75 Å². The molecule has 94 valence electrons. The zero-order valence-corrected chi connectivity index (χ0v) is 11.1. The van der Waals surface area contributed by atoms with Crippen LogP contribution in [-0.4, -0.2) is 18.7 Å². The molecule has 1 fully saturated rings. The lowest BCUT2D eigenvalue weighted by atomic mass is 10.2. The monoisotopic (exact) mass is 233 g/mol. The first kappa shape index (κ1) is 12.4. The van der Waals surface area contributed by atoms with Gasteiger partial charge in [-0.3, -0.25) is 0 Å². The Morgan fingerprint density at radius 1 is 1.24 bits per heavy atom. The zero-order valence-electron chi connectivity index (χ0n) is 11.1. The van der Waals surface area contributed by atoms with Gasteiger partial charge in [0.2, 0.25) is 0 Å². The van der Waals surface area contributed by atoms with Gasteiger partial charge in [-0.15, -0.1) is 0 Å². The van der Waals surface area contributed by atoms with Crippen LogP contribution in [0.3, 0.4) is 0 Å². The summed E-state index contributed by atoms with van der Waals surface area (Å²) in [5.41, 5.74) is 1.35. The van der Waals surface area contributed by atoms with Crippen molar-refractivity contribution >= 4 is 0 Å². The van der Waals surface area contributed by atoms with E-state index in [1.165, 1.54) is 18.4 Å². The molecule has 1 N–H and O–H groups in total. The van der Waals surface area contributed by atoms with Gasteiger partial charge in [0.15, 0.2) is 0 Å². The molecule has 1 aromatic carbocycles. The maximum absolute atomic E-state index is 6.09. The minimum absolute atomic E-state index is 0.0736. The Morgan fingerprint density at radius 2 is 1.88 bits per heavy atom. The summed E-state index contributed by atoms with van der Waals surface area (Å²) < 4.78 is 6.09. The number of ether oxygens (including phenoxy) is 1. The largest absolute Gasteiger partial charge is 0.486 e. The Balaban J connectivity index is 1.83. The highest BCUT2D eigenvalue weighted by atomic mass is 16.5. The number of hydrogen-bond acceptors (Lipinski definition) is 2. The number of benzene rings is 1. The number of nitrogens with one attached hydrogen (secondary N) is 1. The van der Waals surface area contributed by atoms with E-state index in [9.17, 15) is 0 Å². The molecule has 2 nitrogen and oxygen atoms in total. The fourth-order valence-corrected chi connectivity index (χ4v) is 1.90. The van der Waals surface area contributed by atoms with Crippen LogP contribution in [0.4, 0.5) is 0 Å². The van der Waals surface area contributed by atoms with Gasteiger partial charge in [0, 0.05) is 6.54 Å². The first-order chi connectivity index (χ1) is 8.10. The average Bonchev–Trinajstić information content (AvgIpc) is 3.01. The Hall–Kier alpha value is -1.02. The molecule has 0 atom stereocenters. The van der Waals surface area contributed by atoms with Gasteiger partial charge in [0.25, 0.3) is 0 Å². The van der Waals surface area contributed by atoms with Crippen molar-refractivity contribution in [2.75, 3.05) is 13.1 Å². The molecule has 0 heterocycles. The Bertz CT molecular complexity index is 352. The third kappa shape index (κ3) is 3.74. The van der Waals surface area contributed by atoms with Gasteiger partial charge >= 0.3 is 0 Å². The number of aryl methyl sites for hydroxylation is 1. The first-order valence-corrected chi connectivity index (χ1v) is 6.56. The first-order valence-electron chi connectivity index (χ1n) is 6.56. The molecule has 1 saturated carbocycles. The third-order valence-electron chi connectivity index (χ3n) is 3.16. The standard InChI is InChI=1S/C15H23NO/c1-12(2)10-16-11-15(8-9-15)17-14-6-4-13(3)5-7-14/h4-7,12,16H,8-11H2,1-3H3. The van der Waals surface area contributed by atoms with Crippen molar-refractivity contribution in [1.82, 2.24) is 5.32 Å². The van der Waals surface area contributed by atoms with Gasteiger partial charge in [-0.25, -0.2) is 0 Å². The SMILES string of the molecule is Cc1ccc(OC2(CNCC(C)C)CC2)cc1. The topological polar surface area (TPSA) is 21.3 Å². The van der Waals surface area contributed by atoms with E-state index in [4.69, 9.17) is 4.74 Å². The van der Waals surface area contributed by atoms with Gasteiger partial charge in [-0.2, -0.15) is 0 Å². The van der Waals surface area contributed by atoms with E-state index in [1.807, 2.05) is 0 Å². The van der Waals surface area contributed by atoms with Crippen LogP contribution in [0.5, 0.6) is 5.75 Å². The van der Waals surface area contributed by atoms with Crippen molar-refractivity contribution in [1.29, 1.82) is 0 Å². The van der Waals surface area contributed by atoms with Crippen LogP contribution in [0.15, 0.2) is 24.3 Å². The Morgan fingerprint density at radius 3 is 2.41 bits per heavy atom. The van der Waals surface area contributed by atoms with Crippen LogP contribution >= 0.6 is 0 Å². The fraction of sp³-hybridized carbons (Fsp3) is 0.600. The van der Waals surface area contributed by atoms with Crippen LogP contribution in [0.2, 0.25) is 0 Å². The molecule has 0 aliphatic heterocycles. The molecule has 0 aromatic heterocycles. The highest BCUT2D eigenvalue weighted by molar-refractivity contribution is 5.28. The second kappa shape index (κ2) is 5.09. The summed E-state index contributed by atoms with van der Waals surface area (Å²) in [6.45, 7) is 8.60. The summed E-state index contributed by atoms with van der Waals surface area (Å²) in [5, 5.41) is 3.49. The molecule has 0 amide bonds. The van der Waals surface area contributed by atoms with Crippen LogP contribution in [0.25, 0.3) is 0 Å². The van der Waals surface area contributed by atoms with Gasteiger partial charge in [0.05, 0.1) is 0 Å². The molecule has 0 saturated heterocycles. The van der Waals surface area contributed by atoms with E-state index in [-0.39, 0.29) is 5.60 Å². The number of hydrogen-bond donors (Lipinski definition) is 1. The summed E-state index contributed by atoms with van der Waals surface area (Å²) in [5.74, 6) is 1.70. The fourth-order valence-electron chi connectivity index (χ4n) is 1.90. The summed E-state index contributed by atoms with van der Waals surface area (Å²) >= 11 is 0. The van der Waals surface area contributed by atoms with Crippen molar-refractivity contribution in [3.63, 3.8) is 0 Å². The normalized spacial score (nSPS) is 17.2.